The van der Waals surface area contributed by atoms with E-state index >= 15 is 0 Å². The van der Waals surface area contributed by atoms with Crippen molar-refractivity contribution in [1.29, 1.82) is 0 Å². The Morgan fingerprint density at radius 3 is 2.92 bits per heavy atom. The third kappa shape index (κ3) is 5.60. The molecule has 10 heteroatoms. The van der Waals surface area contributed by atoms with Crippen molar-refractivity contribution in [3.05, 3.63) is 95.1 Å². The number of hydrogen-bond acceptors (Lipinski definition) is 9. The summed E-state index contributed by atoms with van der Waals surface area (Å²) in [5.41, 5.74) is 10.3. The standard InChI is InChI=1S/C27H28N6O4/c1-16-25(37-15-32-16)14-36-20-5-4-17-10-23(31-12-18(17)9-20)24(34)11-22-21(26(28)35)6-8-30-27(22)33-19-3-2-7-29-13-19/h2-9,13,15,23-24,31,34H,10-12,14H2,1H3,(H2,28,35)(H,30,33)/t23-,24+/m0/s1. The molecule has 5 N–H and O–H groups in total. The molecule has 0 saturated carbocycles. The number of fused-ring (bicyclic) bond motifs is 1. The van der Waals surface area contributed by atoms with Crippen molar-refractivity contribution in [3.63, 3.8) is 0 Å². The number of nitrogens with one attached hydrogen (secondary N) is 2. The average molecular weight is 501 g/mol. The molecule has 0 unspecified atom stereocenters. The van der Waals surface area contributed by atoms with E-state index in [0.29, 0.717) is 48.0 Å². The maximum atomic E-state index is 12.2. The van der Waals surface area contributed by atoms with Gasteiger partial charge in [-0.05, 0) is 54.8 Å². The van der Waals surface area contributed by atoms with Crippen molar-refractivity contribution >= 4 is 17.4 Å². The van der Waals surface area contributed by atoms with Gasteiger partial charge in [-0.1, -0.05) is 6.07 Å². The lowest BCUT2D eigenvalue weighted by Gasteiger charge is -2.30. The number of amides is 1. The molecule has 1 amide bonds. The lowest BCUT2D eigenvalue weighted by atomic mass is 9.89. The summed E-state index contributed by atoms with van der Waals surface area (Å²) in [5, 5.41) is 17.8. The highest BCUT2D eigenvalue weighted by Gasteiger charge is 2.27. The molecule has 0 spiro atoms. The number of nitrogens with zero attached hydrogens (tertiary/aromatic N) is 3. The van der Waals surface area contributed by atoms with Gasteiger partial charge in [0.05, 0.1) is 23.7 Å². The molecule has 10 nitrogen and oxygen atoms in total. The number of rotatable bonds is 9. The van der Waals surface area contributed by atoms with Gasteiger partial charge in [0.25, 0.3) is 0 Å². The Balaban J connectivity index is 1.29. The number of ether oxygens (including phenoxy) is 1. The quantitative estimate of drug-likeness (QED) is 0.272. The molecule has 190 valence electrons. The summed E-state index contributed by atoms with van der Waals surface area (Å²) in [7, 11) is 0. The molecule has 1 aromatic carbocycles. The van der Waals surface area contributed by atoms with E-state index in [4.69, 9.17) is 14.9 Å². The molecule has 37 heavy (non-hydrogen) atoms. The van der Waals surface area contributed by atoms with Gasteiger partial charge < -0.3 is 30.6 Å². The highest BCUT2D eigenvalue weighted by Crippen LogP contribution is 2.27. The van der Waals surface area contributed by atoms with E-state index in [9.17, 15) is 9.90 Å². The number of benzene rings is 1. The smallest absolute Gasteiger partial charge is 0.249 e. The van der Waals surface area contributed by atoms with Gasteiger partial charge in [0, 0.05) is 42.5 Å². The van der Waals surface area contributed by atoms with E-state index in [1.54, 1.807) is 24.5 Å². The molecule has 0 radical (unpaired) electrons. The highest BCUT2D eigenvalue weighted by atomic mass is 16.5. The fraction of sp³-hybridized carbons (Fsp3) is 0.259. The topological polar surface area (TPSA) is 148 Å². The molecule has 2 atom stereocenters. The lowest BCUT2D eigenvalue weighted by molar-refractivity contribution is 0.0995. The molecule has 5 rings (SSSR count). The van der Waals surface area contributed by atoms with E-state index in [1.165, 1.54) is 12.6 Å². The highest BCUT2D eigenvalue weighted by molar-refractivity contribution is 5.95. The van der Waals surface area contributed by atoms with Gasteiger partial charge in [-0.15, -0.1) is 0 Å². The zero-order chi connectivity index (χ0) is 25.8. The summed E-state index contributed by atoms with van der Waals surface area (Å²) in [5.74, 6) is 1.32. The van der Waals surface area contributed by atoms with Gasteiger partial charge >= 0.3 is 0 Å². The number of aromatic nitrogens is 3. The second-order valence-electron chi connectivity index (χ2n) is 8.96. The van der Waals surface area contributed by atoms with Crippen LogP contribution in [0.5, 0.6) is 5.75 Å². The Labute approximate surface area is 213 Å². The van der Waals surface area contributed by atoms with Crippen molar-refractivity contribution in [1.82, 2.24) is 20.3 Å². The average Bonchev–Trinajstić information content (AvgIpc) is 3.32. The predicted molar refractivity (Wildman–Crippen MR) is 136 cm³/mol. The number of primary amides is 1. The van der Waals surface area contributed by atoms with Crippen LogP contribution in [0.15, 0.2) is 65.8 Å². The largest absolute Gasteiger partial charge is 0.486 e. The molecule has 0 fully saturated rings. The van der Waals surface area contributed by atoms with Crippen LogP contribution in [0, 0.1) is 6.92 Å². The number of hydrogen-bond donors (Lipinski definition) is 4. The number of aryl methyl sites for hydroxylation is 1. The first-order valence-electron chi connectivity index (χ1n) is 12.0. The zero-order valence-electron chi connectivity index (χ0n) is 20.3. The number of aliphatic hydroxyl groups is 1. The van der Waals surface area contributed by atoms with Crippen LogP contribution in [0.1, 0.15) is 38.5 Å². The summed E-state index contributed by atoms with van der Waals surface area (Å²) in [6.07, 6.45) is 6.29. The number of oxazole rings is 1. The summed E-state index contributed by atoms with van der Waals surface area (Å²) in [4.78, 5) is 24.7. The molecule has 1 aliphatic rings. The second-order valence-corrected chi connectivity index (χ2v) is 8.96. The summed E-state index contributed by atoms with van der Waals surface area (Å²) < 4.78 is 11.2. The van der Waals surface area contributed by atoms with Crippen molar-refractivity contribution in [2.24, 2.45) is 5.73 Å². The normalized spacial score (nSPS) is 15.6. The minimum Gasteiger partial charge on any atom is -0.486 e. The molecule has 0 bridgehead atoms. The first-order chi connectivity index (χ1) is 18.0. The van der Waals surface area contributed by atoms with Crippen LogP contribution < -0.4 is 21.1 Å². The molecule has 4 heterocycles. The maximum Gasteiger partial charge on any atom is 0.249 e. The van der Waals surface area contributed by atoms with Gasteiger partial charge in [-0.25, -0.2) is 9.97 Å². The number of carbonyl (C=O) groups excluding carboxylic acids is 1. The monoisotopic (exact) mass is 500 g/mol. The van der Waals surface area contributed by atoms with E-state index in [2.05, 4.69) is 25.6 Å². The molecule has 1 aliphatic heterocycles. The summed E-state index contributed by atoms with van der Waals surface area (Å²) in [6.45, 7) is 2.76. The fourth-order valence-electron chi connectivity index (χ4n) is 4.45. The summed E-state index contributed by atoms with van der Waals surface area (Å²) in [6, 6.07) is 10.9. The lowest BCUT2D eigenvalue weighted by Crippen LogP contribution is -2.45. The van der Waals surface area contributed by atoms with Crippen LogP contribution in [0.2, 0.25) is 0 Å². The molecular weight excluding hydrogens is 472 g/mol. The number of anilines is 2. The number of pyridine rings is 2. The van der Waals surface area contributed by atoms with E-state index in [1.807, 2.05) is 31.2 Å². The van der Waals surface area contributed by atoms with Crippen LogP contribution in [0.4, 0.5) is 11.5 Å². The van der Waals surface area contributed by atoms with Gasteiger partial charge in [-0.2, -0.15) is 0 Å². The van der Waals surface area contributed by atoms with E-state index in [0.717, 1.165) is 22.6 Å². The van der Waals surface area contributed by atoms with E-state index in [-0.39, 0.29) is 12.5 Å². The number of aliphatic hydroxyl groups excluding tert-OH is 1. The fourth-order valence-corrected chi connectivity index (χ4v) is 4.45. The molecule has 0 aliphatic carbocycles. The Hall–Kier alpha value is -4.28. The SMILES string of the molecule is Cc1ncoc1COc1ccc2c(c1)CN[C@H]([C@H](O)Cc1c(C(N)=O)ccnc1Nc1cccnc1)C2. The van der Waals surface area contributed by atoms with Crippen LogP contribution in [0.25, 0.3) is 0 Å². The minimum atomic E-state index is -0.782. The third-order valence-corrected chi connectivity index (χ3v) is 6.51. The minimum absolute atomic E-state index is 0.194. The number of carbonyl (C=O) groups is 1. The van der Waals surface area contributed by atoms with Crippen molar-refractivity contribution in [3.8, 4) is 5.75 Å². The van der Waals surface area contributed by atoms with Gasteiger partial charge in [0.2, 0.25) is 5.91 Å². The van der Waals surface area contributed by atoms with Crippen LogP contribution in [0.3, 0.4) is 0 Å². The Bertz CT molecular complexity index is 1390. The first kappa shape index (κ1) is 24.4. The van der Waals surface area contributed by atoms with Crippen molar-refractivity contribution in [2.45, 2.75) is 45.1 Å². The van der Waals surface area contributed by atoms with Crippen LogP contribution in [-0.2, 0) is 26.0 Å². The van der Waals surface area contributed by atoms with Crippen molar-refractivity contribution < 1.29 is 19.1 Å². The Kier molecular flexibility index (Phi) is 7.11. The summed E-state index contributed by atoms with van der Waals surface area (Å²) >= 11 is 0. The maximum absolute atomic E-state index is 12.2. The Morgan fingerprint density at radius 2 is 2.16 bits per heavy atom. The molecule has 4 aromatic rings. The van der Waals surface area contributed by atoms with Crippen LogP contribution >= 0.6 is 0 Å². The second kappa shape index (κ2) is 10.8. The van der Waals surface area contributed by atoms with E-state index < -0.39 is 12.0 Å². The van der Waals surface area contributed by atoms with Gasteiger partial charge in [-0.3, -0.25) is 9.78 Å². The molecular formula is C27H28N6O4. The van der Waals surface area contributed by atoms with Crippen LogP contribution in [-0.4, -0.2) is 38.1 Å². The van der Waals surface area contributed by atoms with Gasteiger partial charge in [0.1, 0.15) is 18.2 Å². The van der Waals surface area contributed by atoms with Gasteiger partial charge in [0.15, 0.2) is 12.2 Å². The molecule has 0 saturated heterocycles. The zero-order valence-corrected chi connectivity index (χ0v) is 20.3. The Morgan fingerprint density at radius 1 is 1.27 bits per heavy atom. The van der Waals surface area contributed by atoms with Crippen molar-refractivity contribution in [2.75, 3.05) is 5.32 Å². The first-order valence-corrected chi connectivity index (χ1v) is 12.0. The predicted octanol–water partition coefficient (Wildman–Crippen LogP) is 2.81. The number of nitrogens with two attached hydrogens (primary N) is 1. The third-order valence-electron chi connectivity index (χ3n) is 6.51. The molecule has 3 aromatic heterocycles.